The van der Waals surface area contributed by atoms with E-state index in [2.05, 4.69) is 87.8 Å². The summed E-state index contributed by atoms with van der Waals surface area (Å²) >= 11 is 6.74. The number of hydrogen-bond acceptors (Lipinski definition) is 5. The first-order valence-electron chi connectivity index (χ1n) is 7.16. The number of rotatable bonds is 5. The van der Waals surface area contributed by atoms with E-state index in [0.29, 0.717) is 0 Å². The smallest absolute Gasteiger partial charge is 0.210 e. The van der Waals surface area contributed by atoms with Crippen LogP contribution in [0.25, 0.3) is 0 Å². The fraction of sp³-hybridized carbons (Fsp3) is 0.176. The standard InChI is InChI=1S/C17H16BrN3S2/c1-11-4-3-5-15(12(11)2)19-16-20-21-17(23-16)22-10-13-6-8-14(18)9-7-13/h3-9H,10H2,1-2H3,(H,19,20). The second kappa shape index (κ2) is 7.47. The Morgan fingerprint density at radius 2 is 1.87 bits per heavy atom. The SMILES string of the molecule is Cc1cccc(Nc2nnc(SCc3ccc(Br)cc3)s2)c1C. The number of aryl methyl sites for hydroxylation is 1. The summed E-state index contributed by atoms with van der Waals surface area (Å²) in [6, 6.07) is 14.6. The molecule has 0 aliphatic carbocycles. The predicted molar refractivity (Wildman–Crippen MR) is 103 cm³/mol. The highest BCUT2D eigenvalue weighted by Crippen LogP contribution is 2.31. The summed E-state index contributed by atoms with van der Waals surface area (Å²) in [5.41, 5.74) is 4.87. The van der Waals surface area contributed by atoms with Crippen LogP contribution in [-0.4, -0.2) is 10.2 Å². The predicted octanol–water partition coefficient (Wildman–Crippen LogP) is 5.95. The number of aromatic nitrogens is 2. The Hall–Kier alpha value is -1.37. The van der Waals surface area contributed by atoms with Gasteiger partial charge in [0.05, 0.1) is 0 Å². The average Bonchev–Trinajstić information content (AvgIpc) is 2.99. The lowest BCUT2D eigenvalue weighted by Crippen LogP contribution is -1.94. The molecule has 0 saturated heterocycles. The molecule has 0 atom stereocenters. The lowest BCUT2D eigenvalue weighted by atomic mass is 10.1. The highest BCUT2D eigenvalue weighted by molar-refractivity contribution is 9.10. The largest absolute Gasteiger partial charge is 0.330 e. The van der Waals surface area contributed by atoms with Gasteiger partial charge in [-0.05, 0) is 48.7 Å². The molecule has 3 nitrogen and oxygen atoms in total. The maximum atomic E-state index is 4.26. The molecule has 0 bridgehead atoms. The van der Waals surface area contributed by atoms with Gasteiger partial charge < -0.3 is 5.32 Å². The first-order chi connectivity index (χ1) is 11.1. The Kier molecular flexibility index (Phi) is 5.35. The molecule has 0 unspecified atom stereocenters. The van der Waals surface area contributed by atoms with E-state index in [1.165, 1.54) is 16.7 Å². The maximum absolute atomic E-state index is 4.26. The highest BCUT2D eigenvalue weighted by Gasteiger charge is 2.07. The molecule has 3 aromatic rings. The summed E-state index contributed by atoms with van der Waals surface area (Å²) in [5, 5.41) is 12.7. The number of hydrogen-bond donors (Lipinski definition) is 1. The van der Waals surface area contributed by atoms with Gasteiger partial charge in [-0.3, -0.25) is 0 Å². The average molecular weight is 406 g/mol. The third-order valence-electron chi connectivity index (χ3n) is 3.53. The number of nitrogens with one attached hydrogen (secondary N) is 1. The highest BCUT2D eigenvalue weighted by atomic mass is 79.9. The Bertz CT molecular complexity index is 800. The minimum absolute atomic E-state index is 0.831. The van der Waals surface area contributed by atoms with Gasteiger partial charge in [0, 0.05) is 15.9 Å². The monoisotopic (exact) mass is 405 g/mol. The second-order valence-corrected chi connectivity index (χ2v) is 8.28. The minimum atomic E-state index is 0.831. The van der Waals surface area contributed by atoms with Crippen LogP contribution < -0.4 is 5.32 Å². The summed E-state index contributed by atoms with van der Waals surface area (Å²) in [5.74, 6) is 0.894. The zero-order valence-electron chi connectivity index (χ0n) is 12.8. The van der Waals surface area contributed by atoms with Gasteiger partial charge in [0.2, 0.25) is 5.13 Å². The molecule has 1 aromatic heterocycles. The van der Waals surface area contributed by atoms with Gasteiger partial charge in [-0.1, -0.05) is 63.3 Å². The summed E-state index contributed by atoms with van der Waals surface area (Å²) in [6.07, 6.45) is 0. The summed E-state index contributed by atoms with van der Waals surface area (Å²) in [4.78, 5) is 0. The van der Waals surface area contributed by atoms with Gasteiger partial charge in [0.1, 0.15) is 0 Å². The van der Waals surface area contributed by atoms with Crippen LogP contribution >= 0.6 is 39.0 Å². The molecule has 1 heterocycles. The van der Waals surface area contributed by atoms with E-state index in [4.69, 9.17) is 0 Å². The summed E-state index contributed by atoms with van der Waals surface area (Å²) < 4.78 is 2.07. The van der Waals surface area contributed by atoms with Crippen LogP contribution in [0.15, 0.2) is 51.3 Å². The third-order valence-corrected chi connectivity index (χ3v) is 6.10. The molecule has 0 aliphatic heterocycles. The molecular formula is C17H16BrN3S2. The van der Waals surface area contributed by atoms with Crippen LogP contribution in [0.5, 0.6) is 0 Å². The minimum Gasteiger partial charge on any atom is -0.330 e. The van der Waals surface area contributed by atoms with Crippen molar-refractivity contribution in [1.29, 1.82) is 0 Å². The Morgan fingerprint density at radius 3 is 2.65 bits per heavy atom. The van der Waals surface area contributed by atoms with Gasteiger partial charge in [-0.15, -0.1) is 10.2 Å². The number of halogens is 1. The quantitative estimate of drug-likeness (QED) is 0.531. The number of benzene rings is 2. The topological polar surface area (TPSA) is 37.8 Å². The van der Waals surface area contributed by atoms with Crippen molar-refractivity contribution in [3.8, 4) is 0 Å². The Balaban J connectivity index is 1.64. The van der Waals surface area contributed by atoms with Crippen molar-refractivity contribution in [3.05, 3.63) is 63.6 Å². The number of anilines is 2. The van der Waals surface area contributed by atoms with Crippen LogP contribution in [0.1, 0.15) is 16.7 Å². The molecule has 6 heteroatoms. The summed E-state index contributed by atoms with van der Waals surface area (Å²) in [6.45, 7) is 4.22. The molecule has 23 heavy (non-hydrogen) atoms. The van der Waals surface area contributed by atoms with Crippen molar-refractivity contribution >= 4 is 49.8 Å². The fourth-order valence-electron chi connectivity index (χ4n) is 2.05. The lowest BCUT2D eigenvalue weighted by molar-refractivity contribution is 1.01. The van der Waals surface area contributed by atoms with E-state index >= 15 is 0 Å². The number of nitrogens with zero attached hydrogens (tertiary/aromatic N) is 2. The van der Waals surface area contributed by atoms with Crippen LogP contribution in [0.2, 0.25) is 0 Å². The second-order valence-electron chi connectivity index (χ2n) is 5.16. The van der Waals surface area contributed by atoms with Crippen molar-refractivity contribution < 1.29 is 0 Å². The molecule has 0 radical (unpaired) electrons. The molecular weight excluding hydrogens is 390 g/mol. The molecule has 0 fully saturated rings. The summed E-state index contributed by atoms with van der Waals surface area (Å²) in [7, 11) is 0. The zero-order valence-corrected chi connectivity index (χ0v) is 16.1. The van der Waals surface area contributed by atoms with Crippen LogP contribution in [0.3, 0.4) is 0 Å². The van der Waals surface area contributed by atoms with Gasteiger partial charge in [0.15, 0.2) is 4.34 Å². The first kappa shape index (κ1) is 16.5. The lowest BCUT2D eigenvalue weighted by Gasteiger charge is -2.08. The van der Waals surface area contributed by atoms with Gasteiger partial charge in [0.25, 0.3) is 0 Å². The molecule has 118 valence electrons. The van der Waals surface area contributed by atoms with Crippen LogP contribution in [0.4, 0.5) is 10.8 Å². The van der Waals surface area contributed by atoms with E-state index in [1.54, 1.807) is 23.1 Å². The number of thioether (sulfide) groups is 1. The molecule has 3 rings (SSSR count). The maximum Gasteiger partial charge on any atom is 0.210 e. The fourth-order valence-corrected chi connectivity index (χ4v) is 4.03. The van der Waals surface area contributed by atoms with Crippen LogP contribution in [0, 0.1) is 13.8 Å². The van der Waals surface area contributed by atoms with Gasteiger partial charge >= 0.3 is 0 Å². The normalized spacial score (nSPS) is 10.7. The molecule has 0 saturated carbocycles. The van der Waals surface area contributed by atoms with E-state index in [1.807, 2.05) is 0 Å². The molecule has 0 amide bonds. The van der Waals surface area contributed by atoms with Crippen molar-refractivity contribution in [1.82, 2.24) is 10.2 Å². The van der Waals surface area contributed by atoms with Crippen LogP contribution in [-0.2, 0) is 5.75 Å². The molecule has 1 N–H and O–H groups in total. The first-order valence-corrected chi connectivity index (χ1v) is 9.75. The van der Waals surface area contributed by atoms with Gasteiger partial charge in [-0.25, -0.2) is 0 Å². The molecule has 2 aromatic carbocycles. The molecule has 0 aliphatic rings. The van der Waals surface area contributed by atoms with E-state index in [-0.39, 0.29) is 0 Å². The van der Waals surface area contributed by atoms with E-state index in [9.17, 15) is 0 Å². The third kappa shape index (κ3) is 4.34. The van der Waals surface area contributed by atoms with E-state index < -0.39 is 0 Å². The van der Waals surface area contributed by atoms with Crippen molar-refractivity contribution in [3.63, 3.8) is 0 Å². The van der Waals surface area contributed by atoms with Crippen molar-refractivity contribution in [2.75, 3.05) is 5.32 Å². The van der Waals surface area contributed by atoms with Gasteiger partial charge in [-0.2, -0.15) is 0 Å². The van der Waals surface area contributed by atoms with Crippen molar-refractivity contribution in [2.24, 2.45) is 0 Å². The van der Waals surface area contributed by atoms with Crippen molar-refractivity contribution in [2.45, 2.75) is 23.9 Å². The van der Waals surface area contributed by atoms with E-state index in [0.717, 1.165) is 25.4 Å². The Labute approximate surface area is 152 Å². The Morgan fingerprint density at radius 1 is 1.09 bits per heavy atom. The molecule has 0 spiro atoms. The zero-order chi connectivity index (χ0) is 16.2.